The molecule has 1 fully saturated rings. The molecule has 0 unspecified atom stereocenters. The number of likely N-dealkylation sites (N-methyl/N-ethyl adjacent to an activating group) is 1. The van der Waals surface area contributed by atoms with E-state index in [2.05, 4.69) is 10.1 Å². The number of amides is 2. The van der Waals surface area contributed by atoms with Crippen LogP contribution in [0.3, 0.4) is 0 Å². The van der Waals surface area contributed by atoms with E-state index in [-0.39, 0.29) is 30.0 Å². The predicted molar refractivity (Wildman–Crippen MR) is 98.4 cm³/mol. The number of esters is 1. The lowest BCUT2D eigenvalue weighted by atomic mass is 10.2. The second kappa shape index (κ2) is 10.4. The van der Waals surface area contributed by atoms with Crippen molar-refractivity contribution in [2.45, 2.75) is 25.5 Å². The molecular formula is C19H22F2N2O6. The van der Waals surface area contributed by atoms with Gasteiger partial charge in [0.25, 0.3) is 5.91 Å². The van der Waals surface area contributed by atoms with Gasteiger partial charge in [-0.1, -0.05) is 6.07 Å². The number of nitrogens with one attached hydrogen (secondary N) is 1. The number of hydrogen-bond donors (Lipinski definition) is 1. The van der Waals surface area contributed by atoms with Gasteiger partial charge in [0.15, 0.2) is 18.1 Å². The third-order valence-corrected chi connectivity index (χ3v) is 3.90. The lowest BCUT2D eigenvalue weighted by molar-refractivity contribution is -0.148. The Labute approximate surface area is 166 Å². The molecule has 1 aromatic carbocycles. The van der Waals surface area contributed by atoms with Gasteiger partial charge in [-0.25, -0.2) is 4.79 Å². The summed E-state index contributed by atoms with van der Waals surface area (Å²) in [7, 11) is 2.73. The molecule has 158 valence electrons. The maximum atomic E-state index is 12.3. The molecule has 2 rings (SSSR count). The molecule has 10 heteroatoms. The van der Waals surface area contributed by atoms with Crippen LogP contribution in [0.2, 0.25) is 0 Å². The SMILES string of the molecule is COc1cc(/C=C/C(=O)OCC(=O)N(C)CC(=O)NC2CC2)ccc1OC(F)F. The monoisotopic (exact) mass is 412 g/mol. The number of carbonyl (C=O) groups excluding carboxylic acids is 3. The maximum absolute atomic E-state index is 12.3. The van der Waals surface area contributed by atoms with Gasteiger partial charge in [0.05, 0.1) is 13.7 Å². The molecule has 0 heterocycles. The molecule has 1 aliphatic rings. The summed E-state index contributed by atoms with van der Waals surface area (Å²) in [5.41, 5.74) is 0.473. The molecule has 0 aliphatic heterocycles. The number of halogens is 2. The molecule has 29 heavy (non-hydrogen) atoms. The van der Waals surface area contributed by atoms with Crippen LogP contribution in [0.15, 0.2) is 24.3 Å². The molecule has 0 atom stereocenters. The van der Waals surface area contributed by atoms with E-state index in [0.29, 0.717) is 5.56 Å². The molecule has 8 nitrogen and oxygen atoms in total. The molecule has 2 amide bonds. The highest BCUT2D eigenvalue weighted by Crippen LogP contribution is 2.29. The van der Waals surface area contributed by atoms with Crippen molar-refractivity contribution in [2.75, 3.05) is 27.3 Å². The number of methoxy groups -OCH3 is 1. The van der Waals surface area contributed by atoms with Crippen LogP contribution in [-0.2, 0) is 19.1 Å². The van der Waals surface area contributed by atoms with Crippen molar-refractivity contribution in [3.8, 4) is 11.5 Å². The number of nitrogens with zero attached hydrogens (tertiary/aromatic N) is 1. The Morgan fingerprint density at radius 3 is 2.62 bits per heavy atom. The Balaban J connectivity index is 1.80. The summed E-state index contributed by atoms with van der Waals surface area (Å²) in [4.78, 5) is 36.5. The van der Waals surface area contributed by atoms with E-state index in [9.17, 15) is 23.2 Å². The van der Waals surface area contributed by atoms with Crippen LogP contribution in [0, 0.1) is 0 Å². The van der Waals surface area contributed by atoms with Gasteiger partial charge in [-0.2, -0.15) is 8.78 Å². The van der Waals surface area contributed by atoms with Crippen molar-refractivity contribution in [3.63, 3.8) is 0 Å². The van der Waals surface area contributed by atoms with Crippen LogP contribution in [-0.4, -0.2) is 62.6 Å². The fraction of sp³-hybridized carbons (Fsp3) is 0.421. The lowest BCUT2D eigenvalue weighted by Crippen LogP contribution is -2.40. The summed E-state index contributed by atoms with van der Waals surface area (Å²) in [6, 6.07) is 4.32. The van der Waals surface area contributed by atoms with Crippen LogP contribution in [0.4, 0.5) is 8.78 Å². The average molecular weight is 412 g/mol. The second-order valence-electron chi connectivity index (χ2n) is 6.32. The molecule has 0 spiro atoms. The molecule has 0 saturated heterocycles. The number of hydrogen-bond acceptors (Lipinski definition) is 6. The third-order valence-electron chi connectivity index (χ3n) is 3.90. The summed E-state index contributed by atoms with van der Waals surface area (Å²) in [6.45, 7) is -3.62. The highest BCUT2D eigenvalue weighted by molar-refractivity contribution is 5.90. The number of ether oxygens (including phenoxy) is 3. The zero-order valence-corrected chi connectivity index (χ0v) is 16.0. The Morgan fingerprint density at radius 2 is 2.00 bits per heavy atom. The minimum absolute atomic E-state index is 0.0714. The van der Waals surface area contributed by atoms with Gasteiger partial charge in [-0.15, -0.1) is 0 Å². The van der Waals surface area contributed by atoms with Gasteiger partial charge < -0.3 is 24.4 Å². The zero-order valence-electron chi connectivity index (χ0n) is 16.0. The first-order valence-electron chi connectivity index (χ1n) is 8.79. The molecule has 1 aliphatic carbocycles. The maximum Gasteiger partial charge on any atom is 0.387 e. The first kappa shape index (κ1) is 22.1. The van der Waals surface area contributed by atoms with E-state index in [0.717, 1.165) is 18.9 Å². The highest BCUT2D eigenvalue weighted by atomic mass is 19.3. The number of rotatable bonds is 10. The molecule has 1 aromatic rings. The second-order valence-corrected chi connectivity index (χ2v) is 6.32. The van der Waals surface area contributed by atoms with E-state index in [1.807, 2.05) is 0 Å². The van der Waals surface area contributed by atoms with Crippen molar-refractivity contribution < 1.29 is 37.4 Å². The van der Waals surface area contributed by atoms with E-state index in [4.69, 9.17) is 9.47 Å². The van der Waals surface area contributed by atoms with Crippen LogP contribution in [0.1, 0.15) is 18.4 Å². The van der Waals surface area contributed by atoms with Crippen molar-refractivity contribution >= 4 is 23.9 Å². The Hall–Kier alpha value is -3.17. The van der Waals surface area contributed by atoms with Gasteiger partial charge in [0.1, 0.15) is 0 Å². The van der Waals surface area contributed by atoms with Crippen molar-refractivity contribution in [2.24, 2.45) is 0 Å². The van der Waals surface area contributed by atoms with E-state index in [1.165, 1.54) is 43.3 Å². The fourth-order valence-electron chi connectivity index (χ4n) is 2.24. The molecule has 0 radical (unpaired) electrons. The predicted octanol–water partition coefficient (Wildman–Crippen LogP) is 1.59. The standard InChI is InChI=1S/C19H22F2N2O6/c1-23(10-16(24)22-13-5-6-13)17(25)11-28-18(26)8-4-12-3-7-14(29-19(20)21)15(9-12)27-2/h3-4,7-9,13,19H,5-6,10-11H2,1-2H3,(H,22,24)/b8-4+. The minimum Gasteiger partial charge on any atom is -0.493 e. The Kier molecular flexibility index (Phi) is 7.93. The average Bonchev–Trinajstić information content (AvgIpc) is 3.48. The third kappa shape index (κ3) is 7.76. The van der Waals surface area contributed by atoms with Gasteiger partial charge in [-0.3, -0.25) is 9.59 Å². The summed E-state index contributed by atoms with van der Waals surface area (Å²) in [5.74, 6) is -1.62. The first-order valence-corrected chi connectivity index (χ1v) is 8.79. The number of carbonyl (C=O) groups is 3. The van der Waals surface area contributed by atoms with Crippen LogP contribution in [0.5, 0.6) is 11.5 Å². The van der Waals surface area contributed by atoms with E-state index < -0.39 is 25.1 Å². The zero-order chi connectivity index (χ0) is 21.4. The van der Waals surface area contributed by atoms with Crippen molar-refractivity contribution in [1.82, 2.24) is 10.2 Å². The number of alkyl halides is 2. The molecule has 0 aromatic heterocycles. The Morgan fingerprint density at radius 1 is 1.28 bits per heavy atom. The molecule has 1 saturated carbocycles. The van der Waals surface area contributed by atoms with Crippen molar-refractivity contribution in [3.05, 3.63) is 29.8 Å². The Bertz CT molecular complexity index is 780. The molecule has 1 N–H and O–H groups in total. The molecular weight excluding hydrogens is 390 g/mol. The van der Waals surface area contributed by atoms with Crippen molar-refractivity contribution in [1.29, 1.82) is 0 Å². The highest BCUT2D eigenvalue weighted by Gasteiger charge is 2.24. The quantitative estimate of drug-likeness (QED) is 0.463. The van der Waals surface area contributed by atoms with E-state index >= 15 is 0 Å². The van der Waals surface area contributed by atoms with Gasteiger partial charge >= 0.3 is 12.6 Å². The van der Waals surface area contributed by atoms with Gasteiger partial charge in [0, 0.05) is 19.2 Å². The van der Waals surface area contributed by atoms with Gasteiger partial charge in [-0.05, 0) is 36.6 Å². The van der Waals surface area contributed by atoms with Gasteiger partial charge in [0.2, 0.25) is 5.91 Å². The van der Waals surface area contributed by atoms with Crippen LogP contribution < -0.4 is 14.8 Å². The topological polar surface area (TPSA) is 94.2 Å². The smallest absolute Gasteiger partial charge is 0.387 e. The summed E-state index contributed by atoms with van der Waals surface area (Å²) >= 11 is 0. The normalized spacial score (nSPS) is 13.3. The lowest BCUT2D eigenvalue weighted by Gasteiger charge is -2.16. The largest absolute Gasteiger partial charge is 0.493 e. The summed E-state index contributed by atoms with van der Waals surface area (Å²) < 4.78 is 38.8. The van der Waals surface area contributed by atoms with Crippen LogP contribution in [0.25, 0.3) is 6.08 Å². The fourth-order valence-corrected chi connectivity index (χ4v) is 2.24. The first-order chi connectivity index (χ1) is 13.8. The van der Waals surface area contributed by atoms with E-state index in [1.54, 1.807) is 0 Å². The molecule has 0 bridgehead atoms. The summed E-state index contributed by atoms with van der Waals surface area (Å²) in [6.07, 6.45) is 4.34. The minimum atomic E-state index is -2.99. The van der Waals surface area contributed by atoms with Crippen LogP contribution >= 0.6 is 0 Å². The number of benzene rings is 1. The summed E-state index contributed by atoms with van der Waals surface area (Å²) in [5, 5.41) is 2.75.